The molecule has 0 aliphatic carbocycles. The number of carbonyl (C=O) groups excluding carboxylic acids is 1. The third-order valence-electron chi connectivity index (χ3n) is 3.05. The zero-order valence-electron chi connectivity index (χ0n) is 13.0. The van der Waals surface area contributed by atoms with E-state index in [-0.39, 0.29) is 5.91 Å². The van der Waals surface area contributed by atoms with Gasteiger partial charge in [-0.3, -0.25) is 4.79 Å². The number of rotatable bonds is 6. The Kier molecular flexibility index (Phi) is 6.23. The van der Waals surface area contributed by atoms with Crippen molar-refractivity contribution < 1.29 is 14.3 Å². The van der Waals surface area contributed by atoms with Gasteiger partial charge >= 0.3 is 0 Å². The SMILES string of the molecule is CCOc1ccccc1C=CC(=O)Nc1cc(Br)ccc1OC. The van der Waals surface area contributed by atoms with Gasteiger partial charge in [-0.25, -0.2) is 0 Å². The van der Waals surface area contributed by atoms with Gasteiger partial charge in [0, 0.05) is 16.1 Å². The highest BCUT2D eigenvalue weighted by atomic mass is 79.9. The number of hydrogen-bond donors (Lipinski definition) is 1. The summed E-state index contributed by atoms with van der Waals surface area (Å²) in [6.45, 7) is 2.50. The monoisotopic (exact) mass is 375 g/mol. The molecule has 2 rings (SSSR count). The van der Waals surface area contributed by atoms with E-state index in [0.29, 0.717) is 18.0 Å². The summed E-state index contributed by atoms with van der Waals surface area (Å²) in [7, 11) is 1.56. The molecule has 120 valence electrons. The van der Waals surface area contributed by atoms with E-state index < -0.39 is 0 Å². The fraction of sp³-hybridized carbons (Fsp3) is 0.167. The van der Waals surface area contributed by atoms with Crippen molar-refractivity contribution in [2.45, 2.75) is 6.92 Å². The Morgan fingerprint density at radius 3 is 2.74 bits per heavy atom. The topological polar surface area (TPSA) is 47.6 Å². The van der Waals surface area contributed by atoms with Crippen molar-refractivity contribution in [1.29, 1.82) is 0 Å². The molecule has 0 fully saturated rings. The number of para-hydroxylation sites is 1. The highest BCUT2D eigenvalue weighted by Gasteiger charge is 2.06. The molecule has 4 nitrogen and oxygen atoms in total. The van der Waals surface area contributed by atoms with Gasteiger partial charge in [0.2, 0.25) is 5.91 Å². The largest absolute Gasteiger partial charge is 0.495 e. The number of anilines is 1. The number of nitrogens with one attached hydrogen (secondary N) is 1. The minimum Gasteiger partial charge on any atom is -0.495 e. The maximum absolute atomic E-state index is 12.1. The van der Waals surface area contributed by atoms with E-state index >= 15 is 0 Å². The maximum atomic E-state index is 12.1. The molecule has 2 aromatic rings. The Morgan fingerprint density at radius 1 is 1.22 bits per heavy atom. The van der Waals surface area contributed by atoms with Crippen molar-refractivity contribution in [3.8, 4) is 11.5 Å². The summed E-state index contributed by atoms with van der Waals surface area (Å²) in [5, 5.41) is 2.80. The second-order valence-corrected chi connectivity index (χ2v) is 5.55. The normalized spacial score (nSPS) is 10.6. The number of benzene rings is 2. The molecule has 0 saturated heterocycles. The molecule has 0 radical (unpaired) electrons. The lowest BCUT2D eigenvalue weighted by Crippen LogP contribution is -2.09. The lowest BCUT2D eigenvalue weighted by Gasteiger charge is -2.09. The van der Waals surface area contributed by atoms with Gasteiger partial charge in [0.25, 0.3) is 0 Å². The van der Waals surface area contributed by atoms with E-state index in [0.717, 1.165) is 15.8 Å². The zero-order chi connectivity index (χ0) is 16.7. The molecule has 0 bridgehead atoms. The van der Waals surface area contributed by atoms with Crippen LogP contribution in [0.3, 0.4) is 0 Å². The fourth-order valence-electron chi connectivity index (χ4n) is 2.02. The van der Waals surface area contributed by atoms with Gasteiger partial charge < -0.3 is 14.8 Å². The minimum atomic E-state index is -0.243. The molecule has 5 heteroatoms. The molecular formula is C18H18BrNO3. The Bertz CT molecular complexity index is 713. The molecule has 0 spiro atoms. The molecule has 0 heterocycles. The van der Waals surface area contributed by atoms with Crippen LogP contribution >= 0.6 is 15.9 Å². The van der Waals surface area contributed by atoms with E-state index in [2.05, 4.69) is 21.2 Å². The van der Waals surface area contributed by atoms with E-state index in [1.165, 1.54) is 6.08 Å². The molecule has 1 amide bonds. The first-order valence-corrected chi connectivity index (χ1v) is 7.97. The van der Waals surface area contributed by atoms with Crippen molar-refractivity contribution in [1.82, 2.24) is 0 Å². The van der Waals surface area contributed by atoms with Crippen LogP contribution in [0, 0.1) is 0 Å². The standard InChI is InChI=1S/C18H18BrNO3/c1-3-23-16-7-5-4-6-13(16)8-11-18(21)20-15-12-14(19)9-10-17(15)22-2/h4-12H,3H2,1-2H3,(H,20,21). The first-order valence-electron chi connectivity index (χ1n) is 7.18. The molecule has 0 atom stereocenters. The van der Waals surface area contributed by atoms with Crippen molar-refractivity contribution in [2.75, 3.05) is 19.0 Å². The smallest absolute Gasteiger partial charge is 0.248 e. The van der Waals surface area contributed by atoms with Gasteiger partial charge in [0.05, 0.1) is 19.4 Å². The van der Waals surface area contributed by atoms with Crippen molar-refractivity contribution in [2.24, 2.45) is 0 Å². The van der Waals surface area contributed by atoms with Crippen LogP contribution in [0.5, 0.6) is 11.5 Å². The summed E-state index contributed by atoms with van der Waals surface area (Å²) in [6, 6.07) is 13.0. The van der Waals surface area contributed by atoms with Gasteiger partial charge in [0.15, 0.2) is 0 Å². The van der Waals surface area contributed by atoms with Crippen LogP contribution in [0.1, 0.15) is 12.5 Å². The lowest BCUT2D eigenvalue weighted by molar-refractivity contribution is -0.111. The Hall–Kier alpha value is -2.27. The van der Waals surface area contributed by atoms with E-state index in [4.69, 9.17) is 9.47 Å². The van der Waals surface area contributed by atoms with Gasteiger partial charge in [-0.1, -0.05) is 34.1 Å². The molecule has 23 heavy (non-hydrogen) atoms. The fourth-order valence-corrected chi connectivity index (χ4v) is 2.38. The number of ether oxygens (including phenoxy) is 2. The molecule has 0 aliphatic heterocycles. The summed E-state index contributed by atoms with van der Waals surface area (Å²) >= 11 is 3.38. The Balaban J connectivity index is 2.12. The van der Waals surface area contributed by atoms with Crippen LogP contribution in [-0.2, 0) is 4.79 Å². The Morgan fingerprint density at radius 2 is 2.00 bits per heavy atom. The van der Waals surface area contributed by atoms with Crippen molar-refractivity contribution >= 4 is 33.6 Å². The van der Waals surface area contributed by atoms with Gasteiger partial charge in [-0.2, -0.15) is 0 Å². The number of amides is 1. The molecule has 0 aromatic heterocycles. The van der Waals surface area contributed by atoms with Crippen molar-refractivity contribution in [3.63, 3.8) is 0 Å². The summed E-state index contributed by atoms with van der Waals surface area (Å²) in [5.41, 5.74) is 1.46. The highest BCUT2D eigenvalue weighted by Crippen LogP contribution is 2.28. The third-order valence-corrected chi connectivity index (χ3v) is 3.55. The highest BCUT2D eigenvalue weighted by molar-refractivity contribution is 9.10. The van der Waals surface area contributed by atoms with Gasteiger partial charge in [0.1, 0.15) is 11.5 Å². The molecule has 0 unspecified atom stereocenters. The van der Waals surface area contributed by atoms with E-state index in [1.54, 1.807) is 25.3 Å². The molecule has 0 aliphatic rings. The molecule has 2 aromatic carbocycles. The van der Waals surface area contributed by atoms with Gasteiger partial charge in [-0.05, 0) is 37.3 Å². The number of hydrogen-bond acceptors (Lipinski definition) is 3. The van der Waals surface area contributed by atoms with Crippen molar-refractivity contribution in [3.05, 3.63) is 58.6 Å². The predicted octanol–water partition coefficient (Wildman–Crippen LogP) is 4.51. The minimum absolute atomic E-state index is 0.243. The van der Waals surface area contributed by atoms with E-state index in [1.807, 2.05) is 37.3 Å². The van der Waals surface area contributed by atoms with Crippen LogP contribution < -0.4 is 14.8 Å². The summed E-state index contributed by atoms with van der Waals surface area (Å²) < 4.78 is 11.6. The maximum Gasteiger partial charge on any atom is 0.248 e. The first kappa shape index (κ1) is 17.1. The third kappa shape index (κ3) is 4.86. The Labute approximate surface area is 144 Å². The van der Waals surface area contributed by atoms with Gasteiger partial charge in [-0.15, -0.1) is 0 Å². The summed E-state index contributed by atoms with van der Waals surface area (Å²) in [5.74, 6) is 1.11. The number of methoxy groups -OCH3 is 1. The van der Waals surface area contributed by atoms with Crippen LogP contribution in [0.2, 0.25) is 0 Å². The van der Waals surface area contributed by atoms with Crippen LogP contribution in [-0.4, -0.2) is 19.6 Å². The summed E-state index contributed by atoms with van der Waals surface area (Å²) in [6.07, 6.45) is 3.20. The zero-order valence-corrected chi connectivity index (χ0v) is 14.6. The first-order chi connectivity index (χ1) is 11.1. The second kappa shape index (κ2) is 8.39. The second-order valence-electron chi connectivity index (χ2n) is 4.64. The van der Waals surface area contributed by atoms with Crippen LogP contribution in [0.4, 0.5) is 5.69 Å². The van der Waals surface area contributed by atoms with Crippen LogP contribution in [0.15, 0.2) is 53.0 Å². The van der Waals surface area contributed by atoms with E-state index in [9.17, 15) is 4.79 Å². The quantitative estimate of drug-likeness (QED) is 0.755. The number of carbonyl (C=O) groups is 1. The molecule has 1 N–H and O–H groups in total. The average molecular weight is 376 g/mol. The number of halogens is 1. The molecule has 0 saturated carbocycles. The molecular weight excluding hydrogens is 358 g/mol. The lowest BCUT2D eigenvalue weighted by atomic mass is 10.2. The average Bonchev–Trinajstić information content (AvgIpc) is 2.54. The summed E-state index contributed by atoms with van der Waals surface area (Å²) in [4.78, 5) is 12.1. The predicted molar refractivity (Wildman–Crippen MR) is 96.0 cm³/mol. The van der Waals surface area contributed by atoms with Crippen LogP contribution in [0.25, 0.3) is 6.08 Å².